The smallest absolute Gasteiger partial charge is 0.328 e. The molecule has 1 N–H and O–H groups in total. The molecule has 8 nitrogen and oxygen atoms in total. The molecule has 29 heavy (non-hydrogen) atoms. The monoisotopic (exact) mass is 410 g/mol. The number of rotatable bonds is 11. The molecule has 0 spiro atoms. The Morgan fingerprint density at radius 1 is 1.24 bits per heavy atom. The average Bonchev–Trinajstić information content (AvgIpc) is 3.17. The van der Waals surface area contributed by atoms with Crippen LogP contribution in [0.3, 0.4) is 0 Å². The van der Waals surface area contributed by atoms with Crippen molar-refractivity contribution in [3.63, 3.8) is 0 Å². The van der Waals surface area contributed by atoms with E-state index in [9.17, 15) is 9.59 Å². The van der Waals surface area contributed by atoms with Gasteiger partial charge in [-0.25, -0.2) is 4.79 Å². The summed E-state index contributed by atoms with van der Waals surface area (Å²) in [5.41, 5.74) is -0.786. The van der Waals surface area contributed by atoms with Gasteiger partial charge in [0.05, 0.1) is 24.2 Å². The number of hydrogen-bond acceptors (Lipinski definition) is 6. The Bertz CT molecular complexity index is 790. The Labute approximate surface area is 171 Å². The second-order valence-electron chi connectivity index (χ2n) is 8.20. The second-order valence-corrected chi connectivity index (χ2v) is 8.20. The zero-order valence-electron chi connectivity index (χ0n) is 17.9. The number of ether oxygens (including phenoxy) is 4. The predicted octanol–water partition coefficient (Wildman–Crippen LogP) is 2.15. The van der Waals surface area contributed by atoms with Crippen LogP contribution in [0.25, 0.3) is 0 Å². The number of nitrogens with zero attached hydrogens (tertiary/aromatic N) is 1. The summed E-state index contributed by atoms with van der Waals surface area (Å²) < 4.78 is 25.8. The molecule has 164 valence electrons. The van der Waals surface area contributed by atoms with Crippen LogP contribution < -0.4 is 11.2 Å². The fourth-order valence-corrected chi connectivity index (χ4v) is 4.53. The highest BCUT2D eigenvalue weighted by molar-refractivity contribution is 5.14. The second kappa shape index (κ2) is 9.55. The van der Waals surface area contributed by atoms with Crippen molar-refractivity contribution in [3.05, 3.63) is 32.6 Å². The van der Waals surface area contributed by atoms with Gasteiger partial charge in [0.1, 0.15) is 6.10 Å². The normalized spacial score (nSPS) is 30.9. The molecule has 1 aromatic heterocycles. The van der Waals surface area contributed by atoms with E-state index in [0.29, 0.717) is 31.8 Å². The molecule has 1 saturated heterocycles. The van der Waals surface area contributed by atoms with Crippen molar-refractivity contribution in [1.82, 2.24) is 9.55 Å². The quantitative estimate of drug-likeness (QED) is 0.562. The lowest BCUT2D eigenvalue weighted by Gasteiger charge is -2.36. The van der Waals surface area contributed by atoms with Gasteiger partial charge in [0, 0.05) is 32.1 Å². The largest absolute Gasteiger partial charge is 0.381 e. The Kier molecular flexibility index (Phi) is 7.32. The van der Waals surface area contributed by atoms with Gasteiger partial charge in [-0.2, -0.15) is 0 Å². The van der Waals surface area contributed by atoms with Crippen LogP contribution in [0.1, 0.15) is 57.6 Å². The third kappa shape index (κ3) is 4.21. The van der Waals surface area contributed by atoms with Gasteiger partial charge in [-0.15, -0.1) is 0 Å². The maximum atomic E-state index is 12.5. The first-order valence-electron chi connectivity index (χ1n) is 10.7. The highest BCUT2D eigenvalue weighted by atomic mass is 16.7. The van der Waals surface area contributed by atoms with Crippen LogP contribution in [0.4, 0.5) is 0 Å². The number of aryl methyl sites for hydroxylation is 1. The van der Waals surface area contributed by atoms with E-state index in [-0.39, 0.29) is 23.8 Å². The molecule has 0 radical (unpaired) electrons. The number of nitrogens with one attached hydrogen (secondary N) is 1. The van der Waals surface area contributed by atoms with E-state index in [1.807, 2.05) is 0 Å². The van der Waals surface area contributed by atoms with E-state index in [2.05, 4.69) is 18.8 Å². The molecule has 1 aliphatic carbocycles. The zero-order chi connectivity index (χ0) is 21.0. The summed E-state index contributed by atoms with van der Waals surface area (Å²) in [6.45, 7) is 7.69. The van der Waals surface area contributed by atoms with Gasteiger partial charge < -0.3 is 18.9 Å². The first kappa shape index (κ1) is 22.2. The minimum absolute atomic E-state index is 0.232. The van der Waals surface area contributed by atoms with Crippen molar-refractivity contribution in [3.8, 4) is 0 Å². The maximum Gasteiger partial charge on any atom is 0.328 e. The highest BCUT2D eigenvalue weighted by Crippen LogP contribution is 2.56. The van der Waals surface area contributed by atoms with Gasteiger partial charge >= 0.3 is 5.69 Å². The fraction of sp³-hybridized carbons (Fsp3) is 0.810. The van der Waals surface area contributed by atoms with Gasteiger partial charge in [-0.1, -0.05) is 26.7 Å². The molecule has 5 atom stereocenters. The van der Waals surface area contributed by atoms with Gasteiger partial charge in [0.25, 0.3) is 5.56 Å². The molecular formula is C21H34N2O6. The third-order valence-corrected chi connectivity index (χ3v) is 6.11. The molecule has 0 amide bonds. The molecule has 8 heteroatoms. The van der Waals surface area contributed by atoms with Gasteiger partial charge in [-0.05, 0) is 26.2 Å². The molecule has 2 heterocycles. The number of unbranched alkanes of at least 4 members (excludes halogenated alkanes) is 2. The van der Waals surface area contributed by atoms with Gasteiger partial charge in [0.2, 0.25) is 0 Å². The summed E-state index contributed by atoms with van der Waals surface area (Å²) in [5, 5.41) is 0. The van der Waals surface area contributed by atoms with Crippen molar-refractivity contribution in [1.29, 1.82) is 0 Å². The average molecular weight is 411 g/mol. The van der Waals surface area contributed by atoms with E-state index in [4.69, 9.17) is 18.9 Å². The highest BCUT2D eigenvalue weighted by Gasteiger charge is 2.67. The first-order chi connectivity index (χ1) is 14.0. The van der Waals surface area contributed by atoms with E-state index in [1.165, 1.54) is 0 Å². The Balaban J connectivity index is 1.92. The Morgan fingerprint density at radius 2 is 1.97 bits per heavy atom. The van der Waals surface area contributed by atoms with Crippen LogP contribution in [-0.2, 0) is 18.9 Å². The number of aromatic amines is 1. The van der Waals surface area contributed by atoms with Crippen molar-refractivity contribution in [2.45, 2.75) is 77.4 Å². The van der Waals surface area contributed by atoms with Crippen molar-refractivity contribution in [2.75, 3.05) is 26.9 Å². The van der Waals surface area contributed by atoms with Crippen LogP contribution in [0.15, 0.2) is 15.8 Å². The number of hydrogen-bond donors (Lipinski definition) is 1. The zero-order valence-corrected chi connectivity index (χ0v) is 17.9. The van der Waals surface area contributed by atoms with Crippen LogP contribution >= 0.6 is 0 Å². The van der Waals surface area contributed by atoms with Crippen LogP contribution in [-0.4, -0.2) is 55.0 Å². The van der Waals surface area contributed by atoms with Crippen LogP contribution in [0.2, 0.25) is 0 Å². The lowest BCUT2D eigenvalue weighted by atomic mass is 9.84. The molecule has 1 saturated carbocycles. The minimum Gasteiger partial charge on any atom is -0.381 e. The standard InChI is InChI=1S/C21H34N2O6/c1-5-7-9-27-13-21-11-15(23-12-14(3)18(24)22-20(23)25)16(29-19(21)26-4)17(21)28-10-8-6-2/h12,15-17,19H,5-11,13H2,1-4H3,(H,22,24,25)/t15-,16?,17-,19?,21+/m1/s1. The van der Waals surface area contributed by atoms with E-state index < -0.39 is 17.4 Å². The van der Waals surface area contributed by atoms with Crippen molar-refractivity contribution in [2.24, 2.45) is 5.41 Å². The Hall–Kier alpha value is -1.48. The summed E-state index contributed by atoms with van der Waals surface area (Å²) in [5.74, 6) is 0. The molecule has 2 bridgehead atoms. The van der Waals surface area contributed by atoms with Crippen LogP contribution in [0, 0.1) is 12.3 Å². The third-order valence-electron chi connectivity index (χ3n) is 6.11. The predicted molar refractivity (Wildman–Crippen MR) is 108 cm³/mol. The molecule has 2 fully saturated rings. The summed E-state index contributed by atoms with van der Waals surface area (Å²) in [6.07, 6.45) is 5.27. The minimum atomic E-state index is -0.491. The lowest BCUT2D eigenvalue weighted by molar-refractivity contribution is -0.205. The van der Waals surface area contributed by atoms with Crippen molar-refractivity contribution < 1.29 is 18.9 Å². The molecule has 1 aromatic rings. The molecule has 0 aromatic carbocycles. The number of H-pyrrole nitrogens is 1. The summed E-state index contributed by atoms with van der Waals surface area (Å²) in [6, 6.07) is -0.245. The summed E-state index contributed by atoms with van der Waals surface area (Å²) >= 11 is 0. The van der Waals surface area contributed by atoms with E-state index in [0.717, 1.165) is 25.7 Å². The first-order valence-corrected chi connectivity index (χ1v) is 10.7. The van der Waals surface area contributed by atoms with Gasteiger partial charge in [-0.3, -0.25) is 14.3 Å². The maximum absolute atomic E-state index is 12.5. The molecule has 2 aliphatic rings. The van der Waals surface area contributed by atoms with E-state index >= 15 is 0 Å². The Morgan fingerprint density at radius 3 is 2.66 bits per heavy atom. The van der Waals surface area contributed by atoms with E-state index in [1.54, 1.807) is 24.8 Å². The molecule has 3 rings (SSSR count). The molecule has 2 unspecified atom stereocenters. The topological polar surface area (TPSA) is 91.8 Å². The van der Waals surface area contributed by atoms with Crippen LogP contribution in [0.5, 0.6) is 0 Å². The van der Waals surface area contributed by atoms with Crippen molar-refractivity contribution >= 4 is 0 Å². The summed E-state index contributed by atoms with van der Waals surface area (Å²) in [4.78, 5) is 26.7. The lowest BCUT2D eigenvalue weighted by Crippen LogP contribution is -2.45. The number of fused-ring (bicyclic) bond motifs is 2. The van der Waals surface area contributed by atoms with Gasteiger partial charge in [0.15, 0.2) is 6.29 Å². The SMILES string of the molecule is CCCCOC[C@]12C[C@@H](n3cc(C)c(=O)[nH]c3=O)C(OC1OC)[C@H]2OCCCC. The molecular weight excluding hydrogens is 376 g/mol. The fourth-order valence-electron chi connectivity index (χ4n) is 4.53. The number of aromatic nitrogens is 2. The number of methoxy groups -OCH3 is 1. The summed E-state index contributed by atoms with van der Waals surface area (Å²) in [7, 11) is 1.63. The molecule has 1 aliphatic heterocycles.